The maximum atomic E-state index is 13.1. The molecular formula is C26H34N2O2S. The molecule has 0 radical (unpaired) electrons. The molecule has 1 saturated carbocycles. The molecule has 31 heavy (non-hydrogen) atoms. The van der Waals surface area contributed by atoms with Crippen LogP contribution in [0.3, 0.4) is 0 Å². The number of fused-ring (bicyclic) bond motifs is 2. The molecule has 0 bridgehead atoms. The molecule has 1 amide bonds. The van der Waals surface area contributed by atoms with Gasteiger partial charge in [0.25, 0.3) is 0 Å². The van der Waals surface area contributed by atoms with Crippen LogP contribution in [0.5, 0.6) is 0 Å². The lowest BCUT2D eigenvalue weighted by Crippen LogP contribution is -2.53. The molecule has 2 fully saturated rings. The van der Waals surface area contributed by atoms with Gasteiger partial charge in [0, 0.05) is 35.4 Å². The molecule has 3 aliphatic rings. The normalized spacial score (nSPS) is 33.6. The Balaban J connectivity index is 1.42. The molecule has 6 atom stereocenters. The minimum absolute atomic E-state index is 0.0439. The molecule has 166 valence electrons. The predicted octanol–water partition coefficient (Wildman–Crippen LogP) is 5.12. The van der Waals surface area contributed by atoms with E-state index in [1.807, 2.05) is 29.2 Å². The van der Waals surface area contributed by atoms with E-state index in [4.69, 9.17) is 4.98 Å². The minimum Gasteiger partial charge on any atom is -0.392 e. The molecule has 5 heteroatoms. The fourth-order valence-electron chi connectivity index (χ4n) is 6.66. The van der Waals surface area contributed by atoms with Gasteiger partial charge in [-0.25, -0.2) is 4.98 Å². The van der Waals surface area contributed by atoms with Crippen LogP contribution in [0.2, 0.25) is 0 Å². The lowest BCUT2D eigenvalue weighted by Gasteiger charge is -2.53. The van der Waals surface area contributed by atoms with Gasteiger partial charge < -0.3 is 10.0 Å². The number of benzene rings is 1. The largest absolute Gasteiger partial charge is 0.392 e. The lowest BCUT2D eigenvalue weighted by atomic mass is 9.53. The highest BCUT2D eigenvalue weighted by molar-refractivity contribution is 7.15. The first-order valence-electron chi connectivity index (χ1n) is 11.9. The SMILES string of the molecule is C[C@H](C(=O)N1CCCC1)C1CC[C@@]2(C)Cc3sc(-c4ccccc4)nc3[C@@H](C)[C@@H]2[C@H]1O. The van der Waals surface area contributed by atoms with Crippen molar-refractivity contribution in [2.45, 2.75) is 64.9 Å². The number of aliphatic hydroxyl groups excluding tert-OH is 1. The van der Waals surface area contributed by atoms with Crippen LogP contribution in [-0.2, 0) is 11.2 Å². The van der Waals surface area contributed by atoms with Gasteiger partial charge in [0.2, 0.25) is 5.91 Å². The first-order valence-corrected chi connectivity index (χ1v) is 12.7. The summed E-state index contributed by atoms with van der Waals surface area (Å²) in [7, 11) is 0. The highest BCUT2D eigenvalue weighted by Crippen LogP contribution is 2.57. The third-order valence-electron chi connectivity index (χ3n) is 8.39. The van der Waals surface area contributed by atoms with E-state index in [0.717, 1.165) is 50.2 Å². The van der Waals surface area contributed by atoms with E-state index in [9.17, 15) is 9.90 Å². The third kappa shape index (κ3) is 3.54. The van der Waals surface area contributed by atoms with Gasteiger partial charge in [-0.15, -0.1) is 11.3 Å². The Labute approximate surface area is 189 Å². The first-order chi connectivity index (χ1) is 14.9. The standard InChI is InChI=1S/C26H34N2O2S/c1-16(25(30)28-13-7-8-14-28)19-11-12-26(3)15-20-22(17(2)21(26)23(19)29)27-24(31-20)18-9-5-4-6-10-18/h4-6,9-10,16-17,19,21,23,29H,7-8,11-15H2,1-3H3/t16-,17-,19?,21+,23-,26-/m0/s1. The fourth-order valence-corrected chi connectivity index (χ4v) is 8.03. The van der Waals surface area contributed by atoms with Gasteiger partial charge in [0.15, 0.2) is 0 Å². The summed E-state index contributed by atoms with van der Waals surface area (Å²) in [6.45, 7) is 8.41. The quantitative estimate of drug-likeness (QED) is 0.723. The van der Waals surface area contributed by atoms with Crippen molar-refractivity contribution in [3.63, 3.8) is 0 Å². The van der Waals surface area contributed by atoms with Crippen molar-refractivity contribution >= 4 is 17.2 Å². The number of aromatic nitrogens is 1. The van der Waals surface area contributed by atoms with Crippen LogP contribution < -0.4 is 0 Å². The van der Waals surface area contributed by atoms with E-state index in [1.54, 1.807) is 0 Å². The van der Waals surface area contributed by atoms with Gasteiger partial charge in [-0.1, -0.05) is 51.1 Å². The van der Waals surface area contributed by atoms with E-state index in [0.29, 0.717) is 0 Å². The number of aliphatic hydroxyl groups is 1. The summed E-state index contributed by atoms with van der Waals surface area (Å²) in [4.78, 5) is 21.5. The van der Waals surface area contributed by atoms with Crippen molar-refractivity contribution in [3.8, 4) is 10.6 Å². The number of hydrogen-bond acceptors (Lipinski definition) is 4. The Kier molecular flexibility index (Phi) is 5.46. The molecule has 1 unspecified atom stereocenters. The van der Waals surface area contributed by atoms with Crippen molar-refractivity contribution in [2.24, 2.45) is 23.2 Å². The molecule has 2 heterocycles. The number of hydrogen-bond donors (Lipinski definition) is 1. The van der Waals surface area contributed by atoms with E-state index in [1.165, 1.54) is 16.1 Å². The smallest absolute Gasteiger partial charge is 0.225 e. The maximum Gasteiger partial charge on any atom is 0.225 e. The first kappa shape index (κ1) is 21.1. The van der Waals surface area contributed by atoms with Gasteiger partial charge >= 0.3 is 0 Å². The van der Waals surface area contributed by atoms with Crippen molar-refractivity contribution in [3.05, 3.63) is 40.9 Å². The summed E-state index contributed by atoms with van der Waals surface area (Å²) in [5.74, 6) is 0.533. The average Bonchev–Trinajstić information content (AvgIpc) is 3.43. The molecule has 5 rings (SSSR count). The van der Waals surface area contributed by atoms with E-state index in [2.05, 4.69) is 38.1 Å². The summed E-state index contributed by atoms with van der Waals surface area (Å²) in [6.07, 6.45) is 4.76. The second-order valence-electron chi connectivity index (χ2n) is 10.4. The number of rotatable bonds is 3. The number of carbonyl (C=O) groups is 1. The molecule has 4 nitrogen and oxygen atoms in total. The monoisotopic (exact) mass is 438 g/mol. The van der Waals surface area contributed by atoms with Crippen molar-refractivity contribution in [2.75, 3.05) is 13.1 Å². The fraction of sp³-hybridized carbons (Fsp3) is 0.615. The van der Waals surface area contributed by atoms with Crippen LogP contribution in [-0.4, -0.2) is 40.1 Å². The topological polar surface area (TPSA) is 53.4 Å². The minimum atomic E-state index is -0.453. The van der Waals surface area contributed by atoms with Crippen LogP contribution in [0.4, 0.5) is 0 Å². The van der Waals surface area contributed by atoms with Crippen LogP contribution in [0.1, 0.15) is 62.9 Å². The van der Waals surface area contributed by atoms with Crippen LogP contribution in [0.25, 0.3) is 10.6 Å². The Hall–Kier alpha value is -1.72. The Morgan fingerprint density at radius 2 is 1.97 bits per heavy atom. The zero-order valence-corrected chi connectivity index (χ0v) is 19.7. The summed E-state index contributed by atoms with van der Waals surface area (Å²) in [6, 6.07) is 10.4. The van der Waals surface area contributed by atoms with Gasteiger partial charge in [-0.3, -0.25) is 4.79 Å². The van der Waals surface area contributed by atoms with Gasteiger partial charge in [0.1, 0.15) is 5.01 Å². The highest BCUT2D eigenvalue weighted by atomic mass is 32.1. The van der Waals surface area contributed by atoms with E-state index >= 15 is 0 Å². The summed E-state index contributed by atoms with van der Waals surface area (Å²) in [5, 5.41) is 12.7. The molecular weight excluding hydrogens is 404 g/mol. The Morgan fingerprint density at radius 3 is 2.68 bits per heavy atom. The van der Waals surface area contributed by atoms with Gasteiger partial charge in [-0.05, 0) is 49.4 Å². The molecule has 2 aromatic rings. The lowest BCUT2D eigenvalue weighted by molar-refractivity contribution is -0.143. The number of thiazole rings is 1. The molecule has 1 saturated heterocycles. The van der Waals surface area contributed by atoms with E-state index < -0.39 is 6.10 Å². The Bertz CT molecular complexity index is 952. The summed E-state index contributed by atoms with van der Waals surface area (Å²) in [5.41, 5.74) is 2.41. The predicted molar refractivity (Wildman–Crippen MR) is 125 cm³/mol. The molecule has 0 spiro atoms. The summed E-state index contributed by atoms with van der Waals surface area (Å²) < 4.78 is 0. The molecule has 1 aromatic heterocycles. The molecule has 1 aromatic carbocycles. The molecule has 1 aliphatic heterocycles. The maximum absolute atomic E-state index is 13.1. The zero-order valence-electron chi connectivity index (χ0n) is 18.9. The third-order valence-corrected chi connectivity index (χ3v) is 9.51. The van der Waals surface area contributed by atoms with E-state index in [-0.39, 0.29) is 35.0 Å². The van der Waals surface area contributed by atoms with Crippen molar-refractivity contribution < 1.29 is 9.90 Å². The second kappa shape index (κ2) is 8.00. The van der Waals surface area contributed by atoms with Crippen molar-refractivity contribution in [1.29, 1.82) is 0 Å². The van der Waals surface area contributed by atoms with Gasteiger partial charge in [0.05, 0.1) is 11.8 Å². The number of carbonyl (C=O) groups excluding carboxylic acids is 1. The van der Waals surface area contributed by atoms with Crippen LogP contribution in [0.15, 0.2) is 30.3 Å². The van der Waals surface area contributed by atoms with Gasteiger partial charge in [-0.2, -0.15) is 0 Å². The highest BCUT2D eigenvalue weighted by Gasteiger charge is 2.54. The number of amides is 1. The average molecular weight is 439 g/mol. The molecule has 1 N–H and O–H groups in total. The second-order valence-corrected chi connectivity index (χ2v) is 11.4. The van der Waals surface area contributed by atoms with Crippen LogP contribution >= 0.6 is 11.3 Å². The van der Waals surface area contributed by atoms with Crippen LogP contribution in [0, 0.1) is 23.2 Å². The van der Waals surface area contributed by atoms with Crippen molar-refractivity contribution in [1.82, 2.24) is 9.88 Å². The number of nitrogens with zero attached hydrogens (tertiary/aromatic N) is 2. The zero-order chi connectivity index (χ0) is 21.8. The summed E-state index contributed by atoms with van der Waals surface area (Å²) >= 11 is 1.82. The Morgan fingerprint density at radius 1 is 1.26 bits per heavy atom. The number of likely N-dealkylation sites (tertiary alicyclic amines) is 1. The molecule has 2 aliphatic carbocycles.